The van der Waals surface area contributed by atoms with Crippen molar-refractivity contribution in [3.05, 3.63) is 64.2 Å². The largest absolute Gasteiger partial charge is 0.336 e. The molecule has 2 aromatic rings. The number of benzene rings is 2. The topological polar surface area (TPSA) is 66.5 Å². The minimum Gasteiger partial charge on any atom is -0.336 e. The Labute approximate surface area is 196 Å². The van der Waals surface area contributed by atoms with Gasteiger partial charge in [0, 0.05) is 42.2 Å². The summed E-state index contributed by atoms with van der Waals surface area (Å²) < 4.78 is 0. The molecule has 1 fully saturated rings. The van der Waals surface area contributed by atoms with Crippen LogP contribution in [0.2, 0.25) is 0 Å². The number of likely N-dealkylation sites (tertiary alicyclic amines) is 1. The first-order chi connectivity index (χ1) is 15.9. The molecule has 2 amide bonds. The summed E-state index contributed by atoms with van der Waals surface area (Å²) >= 11 is 0. The van der Waals surface area contributed by atoms with Gasteiger partial charge in [-0.15, -0.1) is 0 Å². The molecule has 0 spiro atoms. The minimum absolute atomic E-state index is 0.00633. The summed E-state index contributed by atoms with van der Waals surface area (Å²) in [6.45, 7) is 4.80. The fourth-order valence-electron chi connectivity index (χ4n) is 4.99. The van der Waals surface area contributed by atoms with Crippen molar-refractivity contribution in [2.24, 2.45) is 0 Å². The van der Waals surface area contributed by atoms with E-state index in [1.165, 1.54) is 30.4 Å². The summed E-state index contributed by atoms with van der Waals surface area (Å²) in [6.07, 6.45) is 8.10. The van der Waals surface area contributed by atoms with Crippen molar-refractivity contribution in [1.82, 2.24) is 4.90 Å². The predicted octanol–water partition coefficient (Wildman–Crippen LogP) is 5.49. The van der Waals surface area contributed by atoms with Crippen molar-refractivity contribution in [3.63, 3.8) is 0 Å². The monoisotopic (exact) mass is 446 g/mol. The van der Waals surface area contributed by atoms with Crippen LogP contribution in [0.15, 0.2) is 36.4 Å². The molecule has 0 radical (unpaired) electrons. The molecule has 174 valence electrons. The van der Waals surface area contributed by atoms with Crippen molar-refractivity contribution in [1.29, 1.82) is 0 Å². The Kier molecular flexibility index (Phi) is 7.26. The number of carbonyl (C=O) groups is 3. The normalized spacial score (nSPS) is 17.9. The highest BCUT2D eigenvalue weighted by Gasteiger charge is 2.24. The van der Waals surface area contributed by atoms with Gasteiger partial charge in [-0.2, -0.15) is 0 Å². The Bertz CT molecular complexity index is 1060. The van der Waals surface area contributed by atoms with Crippen LogP contribution in [0.4, 0.5) is 5.69 Å². The third kappa shape index (κ3) is 5.52. The highest BCUT2D eigenvalue weighted by atomic mass is 16.2. The Morgan fingerprint density at radius 2 is 1.67 bits per heavy atom. The number of aryl methyl sites for hydroxylation is 3. The van der Waals surface area contributed by atoms with Gasteiger partial charge in [-0.3, -0.25) is 14.4 Å². The number of nitrogens with zero attached hydrogens (tertiary/aromatic N) is 1. The molecule has 1 heterocycles. The Morgan fingerprint density at radius 1 is 0.909 bits per heavy atom. The summed E-state index contributed by atoms with van der Waals surface area (Å²) in [5.74, 6) is -0.126. The van der Waals surface area contributed by atoms with Crippen LogP contribution in [-0.4, -0.2) is 35.1 Å². The second kappa shape index (κ2) is 10.3. The van der Waals surface area contributed by atoms with Gasteiger partial charge in [-0.25, -0.2) is 0 Å². The van der Waals surface area contributed by atoms with Crippen molar-refractivity contribution in [2.45, 2.75) is 77.7 Å². The molecule has 5 nitrogen and oxygen atoms in total. The van der Waals surface area contributed by atoms with Gasteiger partial charge in [0.05, 0.1) is 0 Å². The Morgan fingerprint density at radius 3 is 2.42 bits per heavy atom. The summed E-state index contributed by atoms with van der Waals surface area (Å²) in [4.78, 5) is 40.0. The number of nitrogens with one attached hydrogen (secondary N) is 1. The molecular weight excluding hydrogens is 412 g/mol. The van der Waals surface area contributed by atoms with E-state index < -0.39 is 0 Å². The number of anilines is 1. The van der Waals surface area contributed by atoms with E-state index in [9.17, 15) is 14.4 Å². The molecule has 1 aliphatic heterocycles. The smallest absolute Gasteiger partial charge is 0.254 e. The second-order valence-electron chi connectivity index (χ2n) is 9.53. The summed E-state index contributed by atoms with van der Waals surface area (Å²) in [6, 6.07) is 11.7. The van der Waals surface area contributed by atoms with Crippen molar-refractivity contribution in [3.8, 4) is 0 Å². The van der Waals surface area contributed by atoms with Crippen LogP contribution in [-0.2, 0) is 17.6 Å². The first kappa shape index (κ1) is 23.2. The number of hydrogen-bond acceptors (Lipinski definition) is 3. The summed E-state index contributed by atoms with van der Waals surface area (Å²) in [5.41, 5.74) is 5.52. The maximum Gasteiger partial charge on any atom is 0.254 e. The Balaban J connectivity index is 1.33. The fourth-order valence-corrected chi connectivity index (χ4v) is 4.99. The van der Waals surface area contributed by atoms with Crippen LogP contribution in [0, 0.1) is 6.92 Å². The third-order valence-corrected chi connectivity index (χ3v) is 7.06. The lowest BCUT2D eigenvalue weighted by Gasteiger charge is -2.33. The van der Waals surface area contributed by atoms with Crippen LogP contribution in [0.25, 0.3) is 0 Å². The van der Waals surface area contributed by atoms with Gasteiger partial charge in [0.2, 0.25) is 5.91 Å². The lowest BCUT2D eigenvalue weighted by Crippen LogP contribution is -2.42. The van der Waals surface area contributed by atoms with E-state index in [-0.39, 0.29) is 36.5 Å². The molecule has 0 aromatic heterocycles. The van der Waals surface area contributed by atoms with Crippen LogP contribution >= 0.6 is 0 Å². The average molecular weight is 447 g/mol. The van der Waals surface area contributed by atoms with E-state index in [1.807, 2.05) is 30.0 Å². The van der Waals surface area contributed by atoms with Crippen molar-refractivity contribution in [2.75, 3.05) is 11.9 Å². The van der Waals surface area contributed by atoms with Gasteiger partial charge in [-0.1, -0.05) is 12.1 Å². The van der Waals surface area contributed by atoms with Gasteiger partial charge in [0.1, 0.15) is 0 Å². The van der Waals surface area contributed by atoms with Crippen LogP contribution in [0.5, 0.6) is 0 Å². The summed E-state index contributed by atoms with van der Waals surface area (Å²) in [5, 5.41) is 2.91. The predicted molar refractivity (Wildman–Crippen MR) is 131 cm³/mol. The number of amides is 2. The lowest BCUT2D eigenvalue weighted by atomic mass is 9.89. The molecule has 1 saturated heterocycles. The van der Waals surface area contributed by atoms with E-state index in [0.717, 1.165) is 37.8 Å². The van der Waals surface area contributed by atoms with Gasteiger partial charge >= 0.3 is 0 Å². The molecule has 1 atom stereocenters. The zero-order chi connectivity index (χ0) is 23.4. The van der Waals surface area contributed by atoms with Crippen LogP contribution < -0.4 is 5.32 Å². The standard InChI is InChI=1S/C28H34N2O3/c1-19-17-24(28(33)30-16-6-5-7-20(30)2)12-13-25(19)29-27(32)15-14-26(31)23-11-10-21-8-3-4-9-22(21)18-23/h10-13,17-18,20H,3-9,14-16H2,1-2H3,(H,29,32). The number of rotatable bonds is 6. The number of ketones is 1. The van der Waals surface area contributed by atoms with E-state index in [0.29, 0.717) is 16.8 Å². The molecule has 1 unspecified atom stereocenters. The maximum absolute atomic E-state index is 12.9. The van der Waals surface area contributed by atoms with Gasteiger partial charge in [0.15, 0.2) is 5.78 Å². The maximum atomic E-state index is 12.9. The molecule has 0 bridgehead atoms. The lowest BCUT2D eigenvalue weighted by molar-refractivity contribution is -0.116. The van der Waals surface area contributed by atoms with Crippen molar-refractivity contribution < 1.29 is 14.4 Å². The molecule has 5 heteroatoms. The molecular formula is C28H34N2O3. The van der Waals surface area contributed by atoms with E-state index in [2.05, 4.69) is 18.3 Å². The van der Waals surface area contributed by atoms with Crippen LogP contribution in [0.1, 0.15) is 89.3 Å². The third-order valence-electron chi connectivity index (χ3n) is 7.06. The number of carbonyl (C=O) groups excluding carboxylic acids is 3. The summed E-state index contributed by atoms with van der Waals surface area (Å²) in [7, 11) is 0. The SMILES string of the molecule is Cc1cc(C(=O)N2CCCCC2C)ccc1NC(=O)CCC(=O)c1ccc2c(c1)CCCC2. The Hall–Kier alpha value is -2.95. The molecule has 33 heavy (non-hydrogen) atoms. The molecule has 1 aliphatic carbocycles. The van der Waals surface area contributed by atoms with Crippen molar-refractivity contribution >= 4 is 23.3 Å². The quantitative estimate of drug-likeness (QED) is 0.597. The number of Topliss-reactive ketones (excluding diaryl/α,β-unsaturated/α-hetero) is 1. The molecule has 1 N–H and O–H groups in total. The molecule has 0 saturated carbocycles. The van der Waals surface area contributed by atoms with Gasteiger partial charge in [-0.05, 0) is 99.7 Å². The zero-order valence-electron chi connectivity index (χ0n) is 19.8. The van der Waals surface area contributed by atoms with E-state index in [1.54, 1.807) is 12.1 Å². The number of fused-ring (bicyclic) bond motifs is 1. The van der Waals surface area contributed by atoms with E-state index >= 15 is 0 Å². The average Bonchev–Trinajstić information content (AvgIpc) is 2.83. The number of piperidine rings is 1. The highest BCUT2D eigenvalue weighted by molar-refractivity contribution is 6.01. The minimum atomic E-state index is -0.187. The molecule has 2 aliphatic rings. The second-order valence-corrected chi connectivity index (χ2v) is 9.53. The number of hydrogen-bond donors (Lipinski definition) is 1. The van der Waals surface area contributed by atoms with Gasteiger partial charge < -0.3 is 10.2 Å². The molecule has 4 rings (SSSR count). The van der Waals surface area contributed by atoms with E-state index in [4.69, 9.17) is 0 Å². The highest BCUT2D eigenvalue weighted by Crippen LogP contribution is 2.24. The zero-order valence-corrected chi connectivity index (χ0v) is 19.8. The van der Waals surface area contributed by atoms with Gasteiger partial charge in [0.25, 0.3) is 5.91 Å². The van der Waals surface area contributed by atoms with Crippen LogP contribution in [0.3, 0.4) is 0 Å². The first-order valence-electron chi connectivity index (χ1n) is 12.3. The first-order valence-corrected chi connectivity index (χ1v) is 12.3. The fraction of sp³-hybridized carbons (Fsp3) is 0.464. The molecule has 2 aromatic carbocycles.